The predicted molar refractivity (Wildman–Crippen MR) is 96.3 cm³/mol. The largest absolute Gasteiger partial charge is 0.396 e. The fourth-order valence-corrected chi connectivity index (χ4v) is 7.92. The summed E-state index contributed by atoms with van der Waals surface area (Å²) in [4.78, 5) is 0. The van der Waals surface area contributed by atoms with Crippen molar-refractivity contribution in [3.63, 3.8) is 0 Å². The van der Waals surface area contributed by atoms with Crippen molar-refractivity contribution in [2.75, 3.05) is 13.2 Å². The molecule has 0 amide bonds. The van der Waals surface area contributed by atoms with Crippen LogP contribution in [0.4, 0.5) is 0 Å². The van der Waals surface area contributed by atoms with Crippen LogP contribution in [0.2, 0.25) is 0 Å². The number of nitrogens with two attached hydrogens (primary N) is 1. The van der Waals surface area contributed by atoms with Crippen LogP contribution in [0, 0.1) is 33.5 Å². The molecule has 0 saturated heterocycles. The first-order chi connectivity index (χ1) is 11.3. The van der Waals surface area contributed by atoms with Crippen molar-refractivity contribution in [2.24, 2.45) is 39.2 Å². The average molecular weight is 334 g/mol. The summed E-state index contributed by atoms with van der Waals surface area (Å²) < 4.78 is 0. The lowest BCUT2D eigenvalue weighted by atomic mass is 9.49. The Morgan fingerprint density at radius 3 is 2.62 bits per heavy atom. The molecule has 1 spiro atoms. The fraction of sp³-hybridized carbons (Fsp3) is 0.905. The smallest absolute Gasteiger partial charge is 0.0544 e. The van der Waals surface area contributed by atoms with Crippen LogP contribution in [0.15, 0.2) is 12.2 Å². The highest BCUT2D eigenvalue weighted by Gasteiger charge is 2.81. The van der Waals surface area contributed by atoms with Crippen molar-refractivity contribution in [2.45, 2.75) is 71.3 Å². The summed E-state index contributed by atoms with van der Waals surface area (Å²) in [5.41, 5.74) is 8.92. The van der Waals surface area contributed by atoms with Crippen molar-refractivity contribution in [3.8, 4) is 0 Å². The van der Waals surface area contributed by atoms with Crippen molar-refractivity contribution in [1.29, 1.82) is 0 Å². The monoisotopic (exact) mass is 333 g/mol. The summed E-state index contributed by atoms with van der Waals surface area (Å²) in [6.07, 6.45) is 8.54. The first-order valence-electron chi connectivity index (χ1n) is 9.97. The third-order valence-electron chi connectivity index (χ3n) is 9.62. The minimum Gasteiger partial charge on any atom is -0.396 e. The van der Waals surface area contributed by atoms with E-state index in [1.54, 1.807) is 0 Å². The van der Waals surface area contributed by atoms with Gasteiger partial charge >= 0.3 is 0 Å². The van der Waals surface area contributed by atoms with Gasteiger partial charge in [-0.3, -0.25) is 0 Å². The molecule has 0 aromatic carbocycles. The topological polar surface area (TPSA) is 66.5 Å². The lowest BCUT2D eigenvalue weighted by molar-refractivity contribution is -0.0930. The van der Waals surface area contributed by atoms with Gasteiger partial charge in [-0.1, -0.05) is 26.0 Å². The van der Waals surface area contributed by atoms with E-state index < -0.39 is 0 Å². The second-order valence-electron chi connectivity index (χ2n) is 9.96. The normalized spacial score (nSPS) is 56.7. The van der Waals surface area contributed by atoms with Crippen LogP contribution in [-0.4, -0.2) is 29.5 Å². The van der Waals surface area contributed by atoms with Crippen LogP contribution in [0.1, 0.15) is 65.2 Å². The SMILES string of the molecule is C=C1CC[C@@]23CC2(CN)[C@@H]([C@@]2(C)CC[C@H](O)C[C@@H]2CO)CC[C@]13C. The van der Waals surface area contributed by atoms with E-state index in [9.17, 15) is 10.2 Å². The molecule has 0 aromatic heterocycles. The maximum atomic E-state index is 10.1. The Bertz CT molecular complexity index is 562. The van der Waals surface area contributed by atoms with Gasteiger partial charge in [0.25, 0.3) is 0 Å². The molecule has 4 saturated carbocycles. The van der Waals surface area contributed by atoms with Crippen LogP contribution < -0.4 is 5.73 Å². The zero-order chi connectivity index (χ0) is 17.4. The Labute approximate surface area is 146 Å². The van der Waals surface area contributed by atoms with E-state index in [4.69, 9.17) is 5.73 Å². The Kier molecular flexibility index (Phi) is 3.61. The van der Waals surface area contributed by atoms with Gasteiger partial charge in [-0.2, -0.15) is 0 Å². The van der Waals surface area contributed by atoms with Gasteiger partial charge in [0, 0.05) is 6.61 Å². The fourth-order valence-electron chi connectivity index (χ4n) is 7.92. The molecule has 24 heavy (non-hydrogen) atoms. The third-order valence-corrected chi connectivity index (χ3v) is 9.62. The van der Waals surface area contributed by atoms with E-state index >= 15 is 0 Å². The predicted octanol–water partition coefficient (Wildman–Crippen LogP) is 3.25. The first kappa shape index (κ1) is 17.1. The van der Waals surface area contributed by atoms with Gasteiger partial charge in [-0.05, 0) is 91.4 Å². The highest BCUT2D eigenvalue weighted by atomic mass is 16.3. The minimum atomic E-state index is -0.239. The summed E-state index contributed by atoms with van der Waals surface area (Å²) in [7, 11) is 0. The molecule has 4 aliphatic carbocycles. The molecular formula is C21H35NO2. The molecule has 4 N–H and O–H groups in total. The first-order valence-corrected chi connectivity index (χ1v) is 9.97. The van der Waals surface area contributed by atoms with Gasteiger partial charge in [0.2, 0.25) is 0 Å². The molecule has 0 bridgehead atoms. The Morgan fingerprint density at radius 2 is 1.96 bits per heavy atom. The van der Waals surface area contributed by atoms with Gasteiger partial charge in [0.05, 0.1) is 6.10 Å². The van der Waals surface area contributed by atoms with Crippen LogP contribution in [0.25, 0.3) is 0 Å². The Morgan fingerprint density at radius 1 is 1.21 bits per heavy atom. The summed E-state index contributed by atoms with van der Waals surface area (Å²) in [5, 5.41) is 20.2. The highest BCUT2D eigenvalue weighted by Crippen LogP contribution is 2.87. The zero-order valence-corrected chi connectivity index (χ0v) is 15.5. The van der Waals surface area contributed by atoms with E-state index in [2.05, 4.69) is 20.4 Å². The maximum Gasteiger partial charge on any atom is 0.0544 e. The average Bonchev–Trinajstić information content (AvgIpc) is 3.20. The molecule has 1 unspecified atom stereocenters. The van der Waals surface area contributed by atoms with E-state index in [1.165, 1.54) is 37.7 Å². The number of aliphatic hydroxyl groups excluding tert-OH is 2. The molecule has 3 nitrogen and oxygen atoms in total. The lowest BCUT2D eigenvalue weighted by Gasteiger charge is -2.56. The van der Waals surface area contributed by atoms with Crippen molar-refractivity contribution >= 4 is 0 Å². The molecule has 136 valence electrons. The lowest BCUT2D eigenvalue weighted by Crippen LogP contribution is -2.53. The summed E-state index contributed by atoms with van der Waals surface area (Å²) in [6.45, 7) is 10.2. The molecular weight excluding hydrogens is 298 g/mol. The van der Waals surface area contributed by atoms with E-state index in [1.807, 2.05) is 0 Å². The second-order valence-corrected chi connectivity index (χ2v) is 9.96. The molecule has 4 fully saturated rings. The van der Waals surface area contributed by atoms with E-state index in [0.717, 1.165) is 25.8 Å². The summed E-state index contributed by atoms with van der Waals surface area (Å²) in [6, 6.07) is 0. The van der Waals surface area contributed by atoms with Gasteiger partial charge in [0.1, 0.15) is 0 Å². The number of aliphatic hydroxyl groups is 2. The minimum absolute atomic E-state index is 0.113. The van der Waals surface area contributed by atoms with Gasteiger partial charge in [-0.25, -0.2) is 0 Å². The van der Waals surface area contributed by atoms with Crippen LogP contribution >= 0.6 is 0 Å². The molecule has 4 rings (SSSR count). The Balaban J connectivity index is 1.72. The molecule has 0 heterocycles. The van der Waals surface area contributed by atoms with Gasteiger partial charge in [-0.15, -0.1) is 0 Å². The molecule has 0 aliphatic heterocycles. The number of hydrogen-bond acceptors (Lipinski definition) is 3. The van der Waals surface area contributed by atoms with Crippen molar-refractivity contribution in [1.82, 2.24) is 0 Å². The third kappa shape index (κ3) is 1.74. The molecule has 0 radical (unpaired) electrons. The molecule has 0 aromatic rings. The standard InChI is InChI=1S/C21H35NO2/c1-14-4-9-21-12-20(21,13-22)17(6-8-19(14,21)3)18(2)7-5-16(24)10-15(18)11-23/h15-17,23-24H,1,4-13,22H2,2-3H3/t15-,16+,17-,18+,19-,20?,21+/m1/s1. The van der Waals surface area contributed by atoms with Crippen LogP contribution in [0.5, 0.6) is 0 Å². The van der Waals surface area contributed by atoms with Gasteiger partial charge in [0.15, 0.2) is 0 Å². The van der Waals surface area contributed by atoms with E-state index in [0.29, 0.717) is 11.3 Å². The van der Waals surface area contributed by atoms with E-state index in [-0.39, 0.29) is 34.9 Å². The number of allylic oxidation sites excluding steroid dienone is 1. The van der Waals surface area contributed by atoms with Crippen molar-refractivity contribution < 1.29 is 10.2 Å². The van der Waals surface area contributed by atoms with Gasteiger partial charge < -0.3 is 15.9 Å². The van der Waals surface area contributed by atoms with Crippen molar-refractivity contribution in [3.05, 3.63) is 12.2 Å². The maximum absolute atomic E-state index is 10.1. The van der Waals surface area contributed by atoms with Crippen LogP contribution in [-0.2, 0) is 0 Å². The Hall–Kier alpha value is -0.380. The summed E-state index contributed by atoms with van der Waals surface area (Å²) in [5.74, 6) is 0.792. The van der Waals surface area contributed by atoms with Crippen LogP contribution in [0.3, 0.4) is 0 Å². The summed E-state index contributed by atoms with van der Waals surface area (Å²) >= 11 is 0. The quantitative estimate of drug-likeness (QED) is 0.695. The second kappa shape index (κ2) is 5.08. The zero-order valence-electron chi connectivity index (χ0n) is 15.5. The molecule has 7 atom stereocenters. The number of hydrogen-bond donors (Lipinski definition) is 3. The molecule has 3 heteroatoms. The molecule has 4 aliphatic rings. The number of rotatable bonds is 3. The highest BCUT2D eigenvalue weighted by molar-refractivity contribution is 5.37.